The van der Waals surface area contributed by atoms with Crippen molar-refractivity contribution in [3.8, 4) is 0 Å². The van der Waals surface area contributed by atoms with E-state index < -0.39 is 11.6 Å². The van der Waals surface area contributed by atoms with E-state index in [1.165, 1.54) is 25.0 Å². The molecule has 3 aliphatic heterocycles. The van der Waals surface area contributed by atoms with Gasteiger partial charge in [-0.3, -0.25) is 4.79 Å². The molecule has 3 heterocycles. The molecule has 0 N–H and O–H groups in total. The topological polar surface area (TPSA) is 32.8 Å². The predicted molar refractivity (Wildman–Crippen MR) is 98.0 cm³/mol. The van der Waals surface area contributed by atoms with Crippen molar-refractivity contribution in [2.45, 2.75) is 38.6 Å². The van der Waals surface area contributed by atoms with Gasteiger partial charge in [0.2, 0.25) is 5.91 Å². The molecule has 0 unspecified atom stereocenters. The monoisotopic (exact) mass is 378 g/mol. The van der Waals surface area contributed by atoms with Gasteiger partial charge in [-0.25, -0.2) is 8.78 Å². The highest BCUT2D eigenvalue weighted by atomic mass is 19.1. The molecule has 0 aliphatic carbocycles. The molecule has 148 valence electrons. The molecule has 0 bridgehead atoms. The third-order valence-corrected chi connectivity index (χ3v) is 6.50. The van der Waals surface area contributed by atoms with Crippen LogP contribution in [0.5, 0.6) is 0 Å². The first-order valence-corrected chi connectivity index (χ1v) is 10.0. The smallest absolute Gasteiger partial charge is 0.223 e. The Kier molecular flexibility index (Phi) is 5.46. The van der Waals surface area contributed by atoms with Crippen molar-refractivity contribution in [1.82, 2.24) is 9.80 Å². The van der Waals surface area contributed by atoms with Crippen LogP contribution in [0.3, 0.4) is 0 Å². The average molecular weight is 378 g/mol. The molecular formula is C21H28F2N2O2. The largest absolute Gasteiger partial charge is 0.381 e. The van der Waals surface area contributed by atoms with Crippen LogP contribution in [0, 0.1) is 23.0 Å². The van der Waals surface area contributed by atoms with Crippen molar-refractivity contribution in [3.63, 3.8) is 0 Å². The Morgan fingerprint density at radius 2 is 1.89 bits per heavy atom. The first-order valence-electron chi connectivity index (χ1n) is 10.0. The summed E-state index contributed by atoms with van der Waals surface area (Å²) >= 11 is 0. The Morgan fingerprint density at radius 3 is 2.56 bits per heavy atom. The number of benzene rings is 1. The molecule has 27 heavy (non-hydrogen) atoms. The molecule has 4 nitrogen and oxygen atoms in total. The van der Waals surface area contributed by atoms with E-state index in [4.69, 9.17) is 4.74 Å². The van der Waals surface area contributed by atoms with E-state index in [1.807, 2.05) is 0 Å². The second kappa shape index (κ2) is 7.84. The van der Waals surface area contributed by atoms with Crippen LogP contribution in [0.1, 0.15) is 37.7 Å². The van der Waals surface area contributed by atoms with Gasteiger partial charge >= 0.3 is 0 Å². The van der Waals surface area contributed by atoms with Crippen LogP contribution in [0.4, 0.5) is 8.78 Å². The summed E-state index contributed by atoms with van der Waals surface area (Å²) in [6.45, 7) is 5.98. The number of carbonyl (C=O) groups excluding carboxylic acids is 1. The first kappa shape index (κ1) is 18.8. The molecule has 3 saturated heterocycles. The SMILES string of the molecule is O=C1CC2(CCN(CC[C@@H]3CCOC3)CC2)CN1Cc1cc(F)cc(F)c1. The molecule has 0 saturated carbocycles. The van der Waals surface area contributed by atoms with Gasteiger partial charge in [-0.05, 0) is 74.3 Å². The van der Waals surface area contributed by atoms with Crippen LogP contribution in [0.2, 0.25) is 0 Å². The number of amides is 1. The average Bonchev–Trinajstić information content (AvgIpc) is 3.23. The van der Waals surface area contributed by atoms with Gasteiger partial charge in [0.15, 0.2) is 0 Å². The fourth-order valence-electron chi connectivity index (χ4n) is 4.81. The Balaban J connectivity index is 1.29. The van der Waals surface area contributed by atoms with Gasteiger partial charge in [0.25, 0.3) is 0 Å². The Morgan fingerprint density at radius 1 is 1.15 bits per heavy atom. The van der Waals surface area contributed by atoms with Crippen molar-refractivity contribution in [2.75, 3.05) is 39.4 Å². The summed E-state index contributed by atoms with van der Waals surface area (Å²) in [7, 11) is 0. The van der Waals surface area contributed by atoms with E-state index >= 15 is 0 Å². The van der Waals surface area contributed by atoms with E-state index in [-0.39, 0.29) is 11.3 Å². The summed E-state index contributed by atoms with van der Waals surface area (Å²) in [5, 5.41) is 0. The van der Waals surface area contributed by atoms with Crippen LogP contribution in [0.25, 0.3) is 0 Å². The third kappa shape index (κ3) is 4.49. The molecule has 1 amide bonds. The molecule has 3 aliphatic rings. The van der Waals surface area contributed by atoms with Crippen molar-refractivity contribution >= 4 is 5.91 Å². The lowest BCUT2D eigenvalue weighted by Crippen LogP contribution is -2.42. The highest BCUT2D eigenvalue weighted by Gasteiger charge is 2.44. The van der Waals surface area contributed by atoms with Crippen molar-refractivity contribution in [2.24, 2.45) is 11.3 Å². The normalized spacial score (nSPS) is 25.6. The second-order valence-corrected chi connectivity index (χ2v) is 8.56. The predicted octanol–water partition coefficient (Wildman–Crippen LogP) is 3.21. The molecule has 3 fully saturated rings. The quantitative estimate of drug-likeness (QED) is 0.789. The lowest BCUT2D eigenvalue weighted by atomic mass is 9.77. The van der Waals surface area contributed by atoms with E-state index in [0.717, 1.165) is 51.8 Å². The Hall–Kier alpha value is -1.53. The van der Waals surface area contributed by atoms with Crippen molar-refractivity contribution in [1.29, 1.82) is 0 Å². The summed E-state index contributed by atoms with van der Waals surface area (Å²) in [4.78, 5) is 16.8. The summed E-state index contributed by atoms with van der Waals surface area (Å²) in [6.07, 6.45) is 4.99. The number of ether oxygens (including phenoxy) is 1. The van der Waals surface area contributed by atoms with Crippen LogP contribution in [-0.4, -0.2) is 55.1 Å². The number of halogens is 2. The number of hydrogen-bond donors (Lipinski definition) is 0. The molecule has 4 rings (SSSR count). The van der Waals surface area contributed by atoms with Gasteiger partial charge < -0.3 is 14.5 Å². The third-order valence-electron chi connectivity index (χ3n) is 6.50. The number of likely N-dealkylation sites (tertiary alicyclic amines) is 2. The zero-order valence-corrected chi connectivity index (χ0v) is 15.8. The van der Waals surface area contributed by atoms with E-state index in [1.54, 1.807) is 4.90 Å². The first-order chi connectivity index (χ1) is 13.0. The summed E-state index contributed by atoms with van der Waals surface area (Å²) < 4.78 is 32.3. The molecular weight excluding hydrogens is 350 g/mol. The van der Waals surface area contributed by atoms with Gasteiger partial charge in [0.05, 0.1) is 0 Å². The molecule has 0 radical (unpaired) electrons. The van der Waals surface area contributed by atoms with Crippen LogP contribution in [0.15, 0.2) is 18.2 Å². The maximum atomic E-state index is 13.4. The lowest BCUT2D eigenvalue weighted by Gasteiger charge is -2.39. The standard InChI is InChI=1S/C21H28F2N2O2/c22-18-9-17(10-19(23)11-18)13-25-15-21(12-20(25)26)3-6-24(7-4-21)5-1-16-2-8-27-14-16/h9-11,16H,1-8,12-15H2/t16-/m1/s1. The number of hydrogen-bond acceptors (Lipinski definition) is 3. The highest BCUT2D eigenvalue weighted by molar-refractivity contribution is 5.79. The Labute approximate surface area is 159 Å². The van der Waals surface area contributed by atoms with Gasteiger partial charge in [0, 0.05) is 38.8 Å². The van der Waals surface area contributed by atoms with E-state index in [0.29, 0.717) is 31.0 Å². The fourth-order valence-corrected chi connectivity index (χ4v) is 4.81. The maximum absolute atomic E-state index is 13.4. The molecule has 1 aromatic carbocycles. The minimum atomic E-state index is -0.590. The summed E-state index contributed by atoms with van der Waals surface area (Å²) in [5.74, 6) is -0.369. The van der Waals surface area contributed by atoms with Crippen LogP contribution >= 0.6 is 0 Å². The number of nitrogens with zero attached hydrogens (tertiary/aromatic N) is 2. The fraction of sp³-hybridized carbons (Fsp3) is 0.667. The molecule has 0 aromatic heterocycles. The second-order valence-electron chi connectivity index (χ2n) is 8.56. The maximum Gasteiger partial charge on any atom is 0.223 e. The molecule has 1 spiro atoms. The summed E-state index contributed by atoms with van der Waals surface area (Å²) in [6, 6.07) is 3.50. The minimum Gasteiger partial charge on any atom is -0.381 e. The number of piperidine rings is 1. The molecule has 1 atom stereocenters. The number of rotatable bonds is 5. The van der Waals surface area contributed by atoms with Gasteiger partial charge in [-0.15, -0.1) is 0 Å². The van der Waals surface area contributed by atoms with Gasteiger partial charge in [-0.1, -0.05) is 0 Å². The zero-order valence-electron chi connectivity index (χ0n) is 15.8. The highest BCUT2D eigenvalue weighted by Crippen LogP contribution is 2.41. The lowest BCUT2D eigenvalue weighted by molar-refractivity contribution is -0.128. The van der Waals surface area contributed by atoms with Gasteiger partial charge in [-0.2, -0.15) is 0 Å². The molecule has 6 heteroatoms. The van der Waals surface area contributed by atoms with Crippen LogP contribution < -0.4 is 0 Å². The van der Waals surface area contributed by atoms with Gasteiger partial charge in [0.1, 0.15) is 11.6 Å². The zero-order chi connectivity index (χ0) is 18.9. The van der Waals surface area contributed by atoms with E-state index in [9.17, 15) is 13.6 Å². The van der Waals surface area contributed by atoms with E-state index in [2.05, 4.69) is 4.90 Å². The summed E-state index contributed by atoms with van der Waals surface area (Å²) in [5.41, 5.74) is 0.560. The van der Waals surface area contributed by atoms with Crippen molar-refractivity contribution in [3.05, 3.63) is 35.4 Å². The Bertz CT molecular complexity index is 663. The number of carbonyl (C=O) groups is 1. The van der Waals surface area contributed by atoms with Crippen molar-refractivity contribution < 1.29 is 18.3 Å². The van der Waals surface area contributed by atoms with Crippen LogP contribution in [-0.2, 0) is 16.1 Å². The minimum absolute atomic E-state index is 0.0376. The molecule has 1 aromatic rings.